The van der Waals surface area contributed by atoms with Crippen LogP contribution in [-0.4, -0.2) is 11.9 Å². The minimum atomic E-state index is -1.05. The Morgan fingerprint density at radius 1 is 1.30 bits per heavy atom. The zero-order valence-corrected chi connectivity index (χ0v) is 11.9. The van der Waals surface area contributed by atoms with E-state index in [0.29, 0.717) is 6.42 Å². The van der Waals surface area contributed by atoms with Crippen molar-refractivity contribution in [3.63, 3.8) is 0 Å². The van der Waals surface area contributed by atoms with E-state index in [1.54, 1.807) is 6.92 Å². The fourth-order valence-corrected chi connectivity index (χ4v) is 3.01. The molecule has 0 spiro atoms. The molecule has 2 rings (SSSR count). The van der Waals surface area contributed by atoms with Crippen molar-refractivity contribution < 1.29 is 14.7 Å². The summed E-state index contributed by atoms with van der Waals surface area (Å²) < 4.78 is 0. The molecular weight excluding hydrogens is 254 g/mol. The van der Waals surface area contributed by atoms with Crippen molar-refractivity contribution in [2.45, 2.75) is 33.1 Å². The monoisotopic (exact) mass is 274 g/mol. The number of nitrogens with one attached hydrogen (secondary N) is 1. The number of carboxylic acid groups (broad SMARTS) is 1. The number of anilines is 1. The van der Waals surface area contributed by atoms with Crippen LogP contribution >= 0.6 is 0 Å². The van der Waals surface area contributed by atoms with Gasteiger partial charge in [0.2, 0.25) is 5.91 Å². The molecule has 0 unspecified atom stereocenters. The SMILES string of the molecule is C[C@H]1[C@@H](C(=O)Nc2ccccc2)CCC[C@@]1(C)C(=O)[O-]. The minimum Gasteiger partial charge on any atom is -0.550 e. The molecule has 0 bridgehead atoms. The molecule has 1 fully saturated rings. The van der Waals surface area contributed by atoms with Crippen LogP contribution in [0.1, 0.15) is 33.1 Å². The molecule has 4 nitrogen and oxygen atoms in total. The zero-order chi connectivity index (χ0) is 14.8. The van der Waals surface area contributed by atoms with Crippen LogP contribution in [0.15, 0.2) is 30.3 Å². The van der Waals surface area contributed by atoms with Crippen molar-refractivity contribution in [3.05, 3.63) is 30.3 Å². The fraction of sp³-hybridized carbons (Fsp3) is 0.500. The van der Waals surface area contributed by atoms with Crippen molar-refractivity contribution in [1.82, 2.24) is 0 Å². The van der Waals surface area contributed by atoms with E-state index in [-0.39, 0.29) is 17.7 Å². The zero-order valence-electron chi connectivity index (χ0n) is 11.9. The first-order chi connectivity index (χ1) is 9.45. The number of rotatable bonds is 3. The summed E-state index contributed by atoms with van der Waals surface area (Å²) in [7, 11) is 0. The quantitative estimate of drug-likeness (QED) is 0.914. The summed E-state index contributed by atoms with van der Waals surface area (Å²) in [6.45, 7) is 3.53. The van der Waals surface area contributed by atoms with Gasteiger partial charge in [0.25, 0.3) is 0 Å². The normalized spacial score (nSPS) is 29.7. The maximum absolute atomic E-state index is 12.4. The van der Waals surface area contributed by atoms with Crippen molar-refractivity contribution >= 4 is 17.6 Å². The summed E-state index contributed by atoms with van der Waals surface area (Å²) in [6.07, 6.45) is 2.04. The van der Waals surface area contributed by atoms with E-state index in [1.807, 2.05) is 37.3 Å². The molecule has 1 aliphatic carbocycles. The van der Waals surface area contributed by atoms with E-state index in [0.717, 1.165) is 18.5 Å². The molecule has 1 aliphatic rings. The molecule has 4 heteroatoms. The highest BCUT2D eigenvalue weighted by atomic mass is 16.4. The molecule has 1 aromatic rings. The molecule has 108 valence electrons. The van der Waals surface area contributed by atoms with Crippen LogP contribution < -0.4 is 10.4 Å². The molecule has 1 N–H and O–H groups in total. The van der Waals surface area contributed by atoms with E-state index in [1.165, 1.54) is 0 Å². The lowest BCUT2D eigenvalue weighted by Gasteiger charge is -2.44. The number of hydrogen-bond donors (Lipinski definition) is 1. The predicted molar refractivity (Wildman–Crippen MR) is 74.7 cm³/mol. The highest BCUT2D eigenvalue weighted by molar-refractivity contribution is 5.93. The molecule has 1 amide bonds. The van der Waals surface area contributed by atoms with Crippen LogP contribution in [0.2, 0.25) is 0 Å². The van der Waals surface area contributed by atoms with Gasteiger partial charge in [-0.1, -0.05) is 38.5 Å². The Hall–Kier alpha value is -1.84. The van der Waals surface area contributed by atoms with Crippen LogP contribution in [0, 0.1) is 17.3 Å². The molecule has 20 heavy (non-hydrogen) atoms. The van der Waals surface area contributed by atoms with Gasteiger partial charge in [0.05, 0.1) is 0 Å². The smallest absolute Gasteiger partial charge is 0.227 e. The summed E-state index contributed by atoms with van der Waals surface area (Å²) >= 11 is 0. The Labute approximate surface area is 119 Å². The number of carbonyl (C=O) groups is 2. The lowest BCUT2D eigenvalue weighted by molar-refractivity contribution is -0.323. The van der Waals surface area contributed by atoms with E-state index in [2.05, 4.69) is 5.32 Å². The third-order valence-electron chi connectivity index (χ3n) is 4.66. The number of benzene rings is 1. The summed E-state index contributed by atoms with van der Waals surface area (Å²) in [4.78, 5) is 23.7. The lowest BCUT2D eigenvalue weighted by Crippen LogP contribution is -2.50. The molecule has 0 saturated heterocycles. The lowest BCUT2D eigenvalue weighted by atomic mass is 9.63. The molecule has 1 aromatic carbocycles. The van der Waals surface area contributed by atoms with Gasteiger partial charge in [-0.15, -0.1) is 0 Å². The first-order valence-corrected chi connectivity index (χ1v) is 7.02. The van der Waals surface area contributed by atoms with Crippen molar-refractivity contribution in [2.24, 2.45) is 17.3 Å². The van der Waals surface area contributed by atoms with Crippen LogP contribution in [0.4, 0.5) is 5.69 Å². The number of carbonyl (C=O) groups excluding carboxylic acids is 2. The Balaban J connectivity index is 2.12. The fourth-order valence-electron chi connectivity index (χ4n) is 3.01. The van der Waals surface area contributed by atoms with Crippen LogP contribution in [0.25, 0.3) is 0 Å². The maximum atomic E-state index is 12.4. The van der Waals surface area contributed by atoms with Crippen LogP contribution in [0.5, 0.6) is 0 Å². The first-order valence-electron chi connectivity index (χ1n) is 7.02. The highest BCUT2D eigenvalue weighted by Crippen LogP contribution is 2.44. The summed E-state index contributed by atoms with van der Waals surface area (Å²) in [6, 6.07) is 9.23. The molecule has 0 aliphatic heterocycles. The number of hydrogen-bond acceptors (Lipinski definition) is 3. The second-order valence-electron chi connectivity index (χ2n) is 5.85. The predicted octanol–water partition coefficient (Wildman–Crippen LogP) is 1.82. The van der Waals surface area contributed by atoms with Gasteiger partial charge < -0.3 is 15.2 Å². The number of carboxylic acids is 1. The standard InChI is InChI=1S/C16H21NO3/c1-11-13(9-6-10-16(11,2)15(19)20)14(18)17-12-7-4-3-5-8-12/h3-5,7-8,11,13H,6,9-10H2,1-2H3,(H,17,18)(H,19,20)/p-1/t11-,13-,16+/m0/s1. The third-order valence-corrected chi connectivity index (χ3v) is 4.66. The summed E-state index contributed by atoms with van der Waals surface area (Å²) in [5.41, 5.74) is -0.179. The average molecular weight is 274 g/mol. The number of amides is 1. The highest BCUT2D eigenvalue weighted by Gasteiger charge is 2.43. The van der Waals surface area contributed by atoms with Gasteiger partial charge in [-0.3, -0.25) is 4.79 Å². The topological polar surface area (TPSA) is 69.2 Å². The van der Waals surface area contributed by atoms with Gasteiger partial charge in [0.1, 0.15) is 0 Å². The van der Waals surface area contributed by atoms with E-state index in [9.17, 15) is 14.7 Å². The second kappa shape index (κ2) is 5.65. The first kappa shape index (κ1) is 14.6. The van der Waals surface area contributed by atoms with E-state index < -0.39 is 11.4 Å². The average Bonchev–Trinajstić information content (AvgIpc) is 2.42. The van der Waals surface area contributed by atoms with E-state index in [4.69, 9.17) is 0 Å². The molecule has 1 saturated carbocycles. The van der Waals surface area contributed by atoms with Gasteiger partial charge in [-0.25, -0.2) is 0 Å². The van der Waals surface area contributed by atoms with Crippen molar-refractivity contribution in [1.29, 1.82) is 0 Å². The van der Waals surface area contributed by atoms with Gasteiger partial charge in [-0.05, 0) is 30.9 Å². The minimum absolute atomic E-state index is 0.101. The van der Waals surface area contributed by atoms with Crippen LogP contribution in [-0.2, 0) is 9.59 Å². The Morgan fingerprint density at radius 3 is 2.55 bits per heavy atom. The maximum Gasteiger partial charge on any atom is 0.227 e. The van der Waals surface area contributed by atoms with Gasteiger partial charge >= 0.3 is 0 Å². The molecular formula is C16H20NO3-. The van der Waals surface area contributed by atoms with Crippen LogP contribution in [0.3, 0.4) is 0 Å². The molecule has 0 aromatic heterocycles. The number of para-hydroxylation sites is 1. The largest absolute Gasteiger partial charge is 0.550 e. The van der Waals surface area contributed by atoms with Gasteiger partial charge in [0.15, 0.2) is 0 Å². The van der Waals surface area contributed by atoms with E-state index >= 15 is 0 Å². The van der Waals surface area contributed by atoms with Crippen molar-refractivity contribution in [3.8, 4) is 0 Å². The number of aliphatic carboxylic acids is 1. The van der Waals surface area contributed by atoms with Gasteiger partial charge in [0, 0.05) is 23.0 Å². The summed E-state index contributed by atoms with van der Waals surface area (Å²) in [5, 5.41) is 14.2. The molecule has 0 heterocycles. The molecule has 3 atom stereocenters. The molecule has 0 radical (unpaired) electrons. The Morgan fingerprint density at radius 2 is 1.95 bits per heavy atom. The van der Waals surface area contributed by atoms with Gasteiger partial charge in [-0.2, -0.15) is 0 Å². The third kappa shape index (κ3) is 2.69. The second-order valence-corrected chi connectivity index (χ2v) is 5.85. The Kier molecular flexibility index (Phi) is 4.12. The Bertz CT molecular complexity index is 500. The summed E-state index contributed by atoms with van der Waals surface area (Å²) in [5.74, 6) is -1.67. The van der Waals surface area contributed by atoms with Crippen molar-refractivity contribution in [2.75, 3.05) is 5.32 Å².